The first-order chi connectivity index (χ1) is 17.4. The number of hydrogen-bond donors (Lipinski definition) is 1. The minimum atomic E-state index is -3.46. The molecule has 4 aromatic rings. The van der Waals surface area contributed by atoms with E-state index in [2.05, 4.69) is 4.72 Å². The third-order valence-electron chi connectivity index (χ3n) is 6.68. The van der Waals surface area contributed by atoms with Crippen molar-refractivity contribution in [3.63, 3.8) is 0 Å². The molecule has 0 amide bonds. The van der Waals surface area contributed by atoms with Gasteiger partial charge in [-0.2, -0.15) is 8.78 Å². The van der Waals surface area contributed by atoms with Crippen molar-refractivity contribution in [3.05, 3.63) is 71.2 Å². The van der Waals surface area contributed by atoms with Crippen LogP contribution in [0.4, 0.5) is 8.78 Å². The molecule has 0 aliphatic heterocycles. The molecule has 1 aliphatic carbocycles. The van der Waals surface area contributed by atoms with Crippen molar-refractivity contribution < 1.29 is 22.7 Å². The number of fused-ring (bicyclic) bond motifs is 3. The van der Waals surface area contributed by atoms with E-state index in [1.54, 1.807) is 36.4 Å². The highest BCUT2D eigenvalue weighted by molar-refractivity contribution is 7.97. The average Bonchev–Trinajstić information content (AvgIpc) is 3.25. The number of benzene rings is 3. The second-order valence-electron chi connectivity index (χ2n) is 9.20. The van der Waals surface area contributed by atoms with Gasteiger partial charge in [-0.05, 0) is 79.2 Å². The molecule has 0 radical (unpaired) electrons. The third kappa shape index (κ3) is 5.38. The Morgan fingerprint density at radius 1 is 1.03 bits per heavy atom. The topological polar surface area (TPSA) is 51.5 Å². The summed E-state index contributed by atoms with van der Waals surface area (Å²) in [6, 6.07) is 14.8. The van der Waals surface area contributed by atoms with E-state index in [1.807, 2.05) is 12.1 Å². The van der Waals surface area contributed by atoms with Crippen LogP contribution in [0.25, 0.3) is 21.9 Å². The normalized spacial score (nSPS) is 15.9. The first-order valence-electron chi connectivity index (χ1n) is 12.0. The molecule has 1 heterocycles. The molecule has 1 unspecified atom stereocenters. The van der Waals surface area contributed by atoms with Crippen LogP contribution >= 0.6 is 23.5 Å². The number of carbonyl (C=O) groups excluding carboxylic acids is 1. The lowest BCUT2D eigenvalue weighted by molar-refractivity contribution is -0.119. The lowest BCUT2D eigenvalue weighted by Crippen LogP contribution is -2.41. The van der Waals surface area contributed by atoms with Crippen molar-refractivity contribution in [3.8, 4) is 5.75 Å². The van der Waals surface area contributed by atoms with E-state index < -0.39 is 12.0 Å². The molecule has 1 aliphatic rings. The number of furan rings is 1. The molecule has 0 saturated heterocycles. The number of aldehydes is 1. The highest BCUT2D eigenvalue weighted by Gasteiger charge is 2.42. The minimum Gasteiger partial charge on any atom is -0.493 e. The Bertz CT molecular complexity index is 1350. The van der Waals surface area contributed by atoms with E-state index in [-0.39, 0.29) is 11.8 Å². The predicted molar refractivity (Wildman–Crippen MR) is 140 cm³/mol. The van der Waals surface area contributed by atoms with Gasteiger partial charge in [0, 0.05) is 32.3 Å². The Labute approximate surface area is 217 Å². The maximum atomic E-state index is 15.3. The van der Waals surface area contributed by atoms with Crippen LogP contribution in [0.3, 0.4) is 0 Å². The Morgan fingerprint density at radius 3 is 2.44 bits per heavy atom. The number of hydrogen-bond acceptors (Lipinski definition) is 5. The fraction of sp³-hybridized carbons (Fsp3) is 0.321. The predicted octanol–water partition coefficient (Wildman–Crippen LogP) is 8.15. The van der Waals surface area contributed by atoms with Crippen molar-refractivity contribution in [2.75, 3.05) is 6.61 Å². The molecule has 1 N–H and O–H groups in total. The summed E-state index contributed by atoms with van der Waals surface area (Å²) in [4.78, 5) is 12.4. The van der Waals surface area contributed by atoms with E-state index >= 15 is 8.78 Å². The molecule has 8 heteroatoms. The number of carbonyl (C=O) groups is 1. The van der Waals surface area contributed by atoms with Crippen LogP contribution in [-0.2, 0) is 10.7 Å². The van der Waals surface area contributed by atoms with Gasteiger partial charge in [-0.1, -0.05) is 36.9 Å². The fourth-order valence-corrected chi connectivity index (χ4v) is 5.53. The summed E-state index contributed by atoms with van der Waals surface area (Å²) in [6.07, 6.45) is 6.47. The van der Waals surface area contributed by atoms with E-state index in [1.165, 1.54) is 44.2 Å². The second-order valence-corrected chi connectivity index (χ2v) is 10.5. The van der Waals surface area contributed by atoms with Gasteiger partial charge < -0.3 is 13.9 Å². The third-order valence-corrected chi connectivity index (χ3v) is 7.80. The SMILES string of the molecule is O=CC(NSc1ccc(OCC2CCCCC2)cc1)C(F)(F)c1ccc2c(c1)oc1cc(Cl)ccc12. The largest absolute Gasteiger partial charge is 0.493 e. The molecule has 0 spiro atoms. The van der Waals surface area contributed by atoms with Crippen LogP contribution in [0.15, 0.2) is 70.0 Å². The molecule has 0 bridgehead atoms. The van der Waals surface area contributed by atoms with Crippen LogP contribution in [0.2, 0.25) is 5.02 Å². The van der Waals surface area contributed by atoms with E-state index in [9.17, 15) is 4.79 Å². The molecule has 1 atom stereocenters. The average molecular weight is 530 g/mol. The maximum absolute atomic E-state index is 15.3. The maximum Gasteiger partial charge on any atom is 0.295 e. The summed E-state index contributed by atoms with van der Waals surface area (Å²) in [5, 5.41) is 1.99. The number of rotatable bonds is 9. The van der Waals surface area contributed by atoms with Crippen molar-refractivity contribution >= 4 is 51.8 Å². The molecular formula is C28H26ClF2NO3S. The molecule has 188 valence electrons. The van der Waals surface area contributed by atoms with Gasteiger partial charge in [0.15, 0.2) is 0 Å². The molecule has 36 heavy (non-hydrogen) atoms. The second kappa shape index (κ2) is 10.8. The summed E-state index contributed by atoms with van der Waals surface area (Å²) in [5.41, 5.74) is 0.520. The van der Waals surface area contributed by atoms with Crippen molar-refractivity contribution in [1.29, 1.82) is 0 Å². The lowest BCUT2D eigenvalue weighted by atomic mass is 9.90. The van der Waals surface area contributed by atoms with E-state index in [0.29, 0.717) is 39.0 Å². The summed E-state index contributed by atoms with van der Waals surface area (Å²) in [6.45, 7) is 0.701. The van der Waals surface area contributed by atoms with Crippen LogP contribution in [-0.4, -0.2) is 18.9 Å². The van der Waals surface area contributed by atoms with Gasteiger partial charge in [0.25, 0.3) is 5.92 Å². The van der Waals surface area contributed by atoms with Gasteiger partial charge >= 0.3 is 0 Å². The quantitative estimate of drug-likeness (QED) is 0.175. The van der Waals surface area contributed by atoms with Crippen molar-refractivity contribution in [2.24, 2.45) is 5.92 Å². The van der Waals surface area contributed by atoms with E-state index in [4.69, 9.17) is 20.8 Å². The molecule has 5 rings (SSSR count). The first kappa shape index (κ1) is 25.1. The van der Waals surface area contributed by atoms with Gasteiger partial charge in [-0.15, -0.1) is 0 Å². The van der Waals surface area contributed by atoms with Crippen molar-refractivity contribution in [2.45, 2.75) is 49.0 Å². The molecule has 1 fully saturated rings. The zero-order chi connectivity index (χ0) is 25.1. The standard InChI is InChI=1S/C28H26ClF2NO3S/c29-20-7-13-24-23-12-6-19(14-25(23)35-26(24)15-20)28(30,31)27(16-33)32-36-22-10-8-21(9-11-22)34-17-18-4-2-1-3-5-18/h6-16,18,27,32H,1-5,17H2. The Balaban J connectivity index is 1.24. The summed E-state index contributed by atoms with van der Waals surface area (Å²) in [7, 11) is 0. The summed E-state index contributed by atoms with van der Waals surface area (Å²) in [5.74, 6) is -2.10. The monoisotopic (exact) mass is 529 g/mol. The highest BCUT2D eigenvalue weighted by atomic mass is 35.5. The number of ether oxygens (including phenoxy) is 1. The zero-order valence-corrected chi connectivity index (χ0v) is 21.1. The fourth-order valence-electron chi connectivity index (χ4n) is 4.63. The highest BCUT2D eigenvalue weighted by Crippen LogP contribution is 2.37. The number of nitrogens with one attached hydrogen (secondary N) is 1. The lowest BCUT2D eigenvalue weighted by Gasteiger charge is -2.23. The minimum absolute atomic E-state index is 0.233. The van der Waals surface area contributed by atoms with Crippen LogP contribution in [0.1, 0.15) is 37.7 Å². The van der Waals surface area contributed by atoms with Crippen LogP contribution in [0, 0.1) is 5.92 Å². The Hall–Kier alpha value is -2.61. The van der Waals surface area contributed by atoms with Crippen LogP contribution in [0.5, 0.6) is 5.75 Å². The smallest absolute Gasteiger partial charge is 0.295 e. The first-order valence-corrected chi connectivity index (χ1v) is 13.2. The van der Waals surface area contributed by atoms with Gasteiger partial charge in [-0.3, -0.25) is 0 Å². The summed E-state index contributed by atoms with van der Waals surface area (Å²) >= 11 is 7.00. The Morgan fingerprint density at radius 2 is 1.72 bits per heavy atom. The van der Waals surface area contributed by atoms with Crippen LogP contribution < -0.4 is 9.46 Å². The molecule has 1 aromatic heterocycles. The molecular weight excluding hydrogens is 504 g/mol. The van der Waals surface area contributed by atoms with Crippen molar-refractivity contribution in [1.82, 2.24) is 4.72 Å². The molecule has 4 nitrogen and oxygen atoms in total. The van der Waals surface area contributed by atoms with Gasteiger partial charge in [0.05, 0.1) is 6.61 Å². The number of halogens is 3. The summed E-state index contributed by atoms with van der Waals surface area (Å²) < 4.78 is 44.9. The zero-order valence-electron chi connectivity index (χ0n) is 19.5. The van der Waals surface area contributed by atoms with E-state index in [0.717, 1.165) is 23.1 Å². The number of alkyl halides is 2. The Kier molecular flexibility index (Phi) is 7.51. The van der Waals surface area contributed by atoms with Gasteiger partial charge in [0.2, 0.25) is 0 Å². The van der Waals surface area contributed by atoms with Gasteiger partial charge in [-0.25, -0.2) is 4.72 Å². The molecule has 1 saturated carbocycles. The molecule has 3 aromatic carbocycles. The van der Waals surface area contributed by atoms with Gasteiger partial charge in [0.1, 0.15) is 29.2 Å².